The first kappa shape index (κ1) is 22.7. The third-order valence-electron chi connectivity index (χ3n) is 4.93. The molecule has 0 saturated heterocycles. The number of nitrogens with zero attached hydrogens (tertiary/aromatic N) is 3. The highest BCUT2D eigenvalue weighted by molar-refractivity contribution is 7.90. The first-order valence-corrected chi connectivity index (χ1v) is 11.4. The van der Waals surface area contributed by atoms with Crippen LogP contribution in [0.15, 0.2) is 41.8 Å². The van der Waals surface area contributed by atoms with Crippen molar-refractivity contribution >= 4 is 15.7 Å². The molecule has 0 spiro atoms. The number of amides is 1. The van der Waals surface area contributed by atoms with E-state index in [-0.39, 0.29) is 35.4 Å². The molecule has 3 aromatic rings. The number of hydrogen-bond acceptors (Lipinski definition) is 6. The monoisotopic (exact) mass is 484 g/mol. The second-order valence-electron chi connectivity index (χ2n) is 7.36. The van der Waals surface area contributed by atoms with Gasteiger partial charge in [-0.3, -0.25) is 9.78 Å². The van der Waals surface area contributed by atoms with Crippen LogP contribution in [0.1, 0.15) is 27.3 Å². The number of aromatic nitrogens is 3. The third-order valence-corrected chi connectivity index (χ3v) is 5.84. The summed E-state index contributed by atoms with van der Waals surface area (Å²) in [7, 11) is -3.58. The molecule has 8 nitrogen and oxygen atoms in total. The number of sulfone groups is 1. The van der Waals surface area contributed by atoms with Crippen LogP contribution in [0.4, 0.5) is 17.6 Å². The molecule has 0 saturated carbocycles. The number of H-pyrrole nitrogens is 1. The number of benzene rings is 1. The molecule has 174 valence electrons. The molecular formula is C20H16F4N4O4S. The number of carbonyl (C=O) groups excluding carboxylic acids is 1. The van der Waals surface area contributed by atoms with Gasteiger partial charge in [-0.05, 0) is 36.2 Å². The summed E-state index contributed by atoms with van der Waals surface area (Å²) in [6.45, 7) is 0.414. The molecule has 4 rings (SSSR count). The minimum Gasteiger partial charge on any atom is -0.453 e. The predicted molar refractivity (Wildman–Crippen MR) is 106 cm³/mol. The zero-order valence-electron chi connectivity index (χ0n) is 17.0. The molecule has 2 aromatic heterocycles. The molecule has 1 aliphatic rings. The summed E-state index contributed by atoms with van der Waals surface area (Å²) in [5, 5.41) is -0.307. The Kier molecular flexibility index (Phi) is 5.60. The van der Waals surface area contributed by atoms with Gasteiger partial charge in [-0.15, -0.1) is 0 Å². The lowest BCUT2D eigenvalue weighted by molar-refractivity contribution is -0.137. The van der Waals surface area contributed by atoms with Gasteiger partial charge in [0.15, 0.2) is 11.6 Å². The van der Waals surface area contributed by atoms with Crippen LogP contribution in [0.25, 0.3) is 0 Å². The Labute approximate surface area is 185 Å². The van der Waals surface area contributed by atoms with Crippen molar-refractivity contribution in [3.8, 4) is 11.5 Å². The number of fused-ring (bicyclic) bond motifs is 1. The quantitative estimate of drug-likeness (QED) is 0.570. The van der Waals surface area contributed by atoms with E-state index in [2.05, 4.69) is 15.0 Å². The maximum absolute atomic E-state index is 14.0. The van der Waals surface area contributed by atoms with Crippen LogP contribution in [0.5, 0.6) is 11.5 Å². The summed E-state index contributed by atoms with van der Waals surface area (Å²) in [6, 6.07) is 3.55. The van der Waals surface area contributed by atoms with Gasteiger partial charge in [-0.25, -0.2) is 17.8 Å². The van der Waals surface area contributed by atoms with E-state index >= 15 is 0 Å². The van der Waals surface area contributed by atoms with Crippen molar-refractivity contribution < 1.29 is 35.5 Å². The van der Waals surface area contributed by atoms with Gasteiger partial charge in [0.2, 0.25) is 15.0 Å². The molecule has 0 fully saturated rings. The van der Waals surface area contributed by atoms with Gasteiger partial charge in [0.05, 0.1) is 24.0 Å². The molecule has 3 heterocycles. The van der Waals surface area contributed by atoms with E-state index in [4.69, 9.17) is 4.74 Å². The van der Waals surface area contributed by atoms with Gasteiger partial charge < -0.3 is 14.6 Å². The Bertz CT molecular complexity index is 1340. The van der Waals surface area contributed by atoms with Crippen LogP contribution in [0.3, 0.4) is 0 Å². The minimum absolute atomic E-state index is 0.0448. The van der Waals surface area contributed by atoms with Crippen LogP contribution in [0, 0.1) is 5.82 Å². The number of carbonyl (C=O) groups is 1. The van der Waals surface area contributed by atoms with Gasteiger partial charge in [-0.2, -0.15) is 13.2 Å². The molecule has 1 aromatic carbocycles. The van der Waals surface area contributed by atoms with Crippen molar-refractivity contribution in [3.63, 3.8) is 0 Å². The average molecular weight is 484 g/mol. The molecule has 0 radical (unpaired) electrons. The number of ether oxygens (including phenoxy) is 1. The first-order valence-electron chi connectivity index (χ1n) is 9.49. The summed E-state index contributed by atoms with van der Waals surface area (Å²) in [4.78, 5) is 24.6. The van der Waals surface area contributed by atoms with Gasteiger partial charge >= 0.3 is 6.18 Å². The van der Waals surface area contributed by atoms with Gasteiger partial charge in [0, 0.05) is 19.0 Å². The Morgan fingerprint density at radius 3 is 2.64 bits per heavy atom. The highest BCUT2D eigenvalue weighted by Crippen LogP contribution is 2.34. The van der Waals surface area contributed by atoms with Gasteiger partial charge in [0.25, 0.3) is 5.91 Å². The SMILES string of the molecule is CS(=O)(=O)c1nc(C(=O)N2CCc3cc(Oc4ccc(C(F)(F)F)cc4F)cnc3C2)c[nH]1. The van der Waals surface area contributed by atoms with E-state index in [0.717, 1.165) is 24.0 Å². The predicted octanol–water partition coefficient (Wildman–Crippen LogP) is 3.36. The van der Waals surface area contributed by atoms with E-state index in [9.17, 15) is 30.8 Å². The van der Waals surface area contributed by atoms with E-state index in [1.807, 2.05) is 0 Å². The second-order valence-corrected chi connectivity index (χ2v) is 9.29. The zero-order valence-corrected chi connectivity index (χ0v) is 17.8. The Balaban J connectivity index is 1.48. The lowest BCUT2D eigenvalue weighted by Gasteiger charge is -2.27. The number of pyridine rings is 1. The third kappa shape index (κ3) is 4.82. The van der Waals surface area contributed by atoms with Crippen molar-refractivity contribution in [2.45, 2.75) is 24.3 Å². The normalized spacial score (nSPS) is 14.2. The van der Waals surface area contributed by atoms with E-state index < -0.39 is 33.3 Å². The first-order chi connectivity index (χ1) is 15.4. The van der Waals surface area contributed by atoms with Gasteiger partial charge in [-0.1, -0.05) is 0 Å². The van der Waals surface area contributed by atoms with Crippen molar-refractivity contribution in [1.82, 2.24) is 19.9 Å². The number of alkyl halides is 3. The molecule has 1 amide bonds. The van der Waals surface area contributed by atoms with E-state index in [1.165, 1.54) is 17.3 Å². The van der Waals surface area contributed by atoms with Crippen LogP contribution in [-0.4, -0.2) is 47.0 Å². The van der Waals surface area contributed by atoms with Crippen LogP contribution >= 0.6 is 0 Å². The topological polar surface area (TPSA) is 105 Å². The van der Waals surface area contributed by atoms with E-state index in [0.29, 0.717) is 18.2 Å². The van der Waals surface area contributed by atoms with Crippen LogP contribution < -0.4 is 4.74 Å². The fourth-order valence-electron chi connectivity index (χ4n) is 3.27. The Morgan fingerprint density at radius 1 is 1.24 bits per heavy atom. The highest BCUT2D eigenvalue weighted by Gasteiger charge is 2.31. The molecule has 0 aliphatic carbocycles. The summed E-state index contributed by atoms with van der Waals surface area (Å²) < 4.78 is 80.6. The molecule has 13 heteroatoms. The molecule has 1 N–H and O–H groups in total. The number of halogens is 4. The standard InChI is InChI=1S/C20H16F4N4O4S/c1-33(30,31)19-26-9-15(27-19)18(29)28-5-4-11-6-13(8-25-16(11)10-28)32-17-3-2-12(7-14(17)21)20(22,23)24/h2-3,6-9H,4-5,10H2,1H3,(H,26,27). The molecule has 33 heavy (non-hydrogen) atoms. The molecule has 0 unspecified atom stereocenters. The largest absolute Gasteiger partial charge is 0.453 e. The summed E-state index contributed by atoms with van der Waals surface area (Å²) >= 11 is 0. The average Bonchev–Trinajstić information content (AvgIpc) is 3.24. The zero-order chi connectivity index (χ0) is 24.0. The number of aromatic amines is 1. The maximum atomic E-state index is 14.0. The summed E-state index contributed by atoms with van der Waals surface area (Å²) in [5.74, 6) is -1.87. The Morgan fingerprint density at radius 2 is 2.00 bits per heavy atom. The van der Waals surface area contributed by atoms with Gasteiger partial charge in [0.1, 0.15) is 11.4 Å². The number of imidazole rings is 1. The van der Waals surface area contributed by atoms with Crippen molar-refractivity contribution in [2.24, 2.45) is 0 Å². The smallest absolute Gasteiger partial charge is 0.416 e. The number of rotatable bonds is 4. The van der Waals surface area contributed by atoms with E-state index in [1.54, 1.807) is 6.07 Å². The van der Waals surface area contributed by atoms with Crippen molar-refractivity contribution in [1.29, 1.82) is 0 Å². The molecule has 0 atom stereocenters. The van der Waals surface area contributed by atoms with Crippen molar-refractivity contribution in [3.05, 3.63) is 65.0 Å². The highest BCUT2D eigenvalue weighted by atomic mass is 32.2. The molecular weight excluding hydrogens is 468 g/mol. The second kappa shape index (κ2) is 8.14. The number of hydrogen-bond donors (Lipinski definition) is 1. The van der Waals surface area contributed by atoms with Crippen molar-refractivity contribution in [2.75, 3.05) is 12.8 Å². The van der Waals surface area contributed by atoms with Crippen LogP contribution in [0.2, 0.25) is 0 Å². The Hall–Kier alpha value is -3.48. The summed E-state index contributed by atoms with van der Waals surface area (Å²) in [6.07, 6.45) is -0.822. The fraction of sp³-hybridized carbons (Fsp3) is 0.250. The summed E-state index contributed by atoms with van der Waals surface area (Å²) in [5.41, 5.74) is 0.106. The minimum atomic E-state index is -4.67. The van der Waals surface area contributed by atoms with Crippen LogP contribution in [-0.2, 0) is 29.0 Å². The molecule has 1 aliphatic heterocycles. The lowest BCUT2D eigenvalue weighted by Crippen LogP contribution is -2.36. The number of nitrogens with one attached hydrogen (secondary N) is 1. The lowest BCUT2D eigenvalue weighted by atomic mass is 10.0. The molecule has 0 bridgehead atoms. The maximum Gasteiger partial charge on any atom is 0.416 e. The fourth-order valence-corrected chi connectivity index (χ4v) is 3.81.